The van der Waals surface area contributed by atoms with E-state index in [-0.39, 0.29) is 24.9 Å². The molecule has 0 saturated carbocycles. The van der Waals surface area contributed by atoms with Crippen molar-refractivity contribution in [3.63, 3.8) is 0 Å². The molecule has 0 rings (SSSR count). The number of hydrogen-bond acceptors (Lipinski definition) is 5. The zero-order chi connectivity index (χ0) is 46.7. The fourth-order valence-electron chi connectivity index (χ4n) is 7.88. The van der Waals surface area contributed by atoms with Gasteiger partial charge in [0.2, 0.25) is 5.91 Å². The molecule has 0 aromatic carbocycles. The molecule has 0 fully saturated rings. The number of rotatable bonds is 48. The number of amides is 1. The molecule has 1 amide bonds. The smallest absolute Gasteiger partial charge is 0.306 e. The molecule has 0 aromatic heterocycles. The van der Waals surface area contributed by atoms with Crippen LogP contribution in [0.25, 0.3) is 0 Å². The van der Waals surface area contributed by atoms with Crippen LogP contribution in [-0.4, -0.2) is 46.9 Å². The summed E-state index contributed by atoms with van der Waals surface area (Å²) in [5, 5.41) is 23.8. The summed E-state index contributed by atoms with van der Waals surface area (Å²) >= 11 is 0. The summed E-state index contributed by atoms with van der Waals surface area (Å²) in [6, 6.07) is -0.727. The van der Waals surface area contributed by atoms with Crippen molar-refractivity contribution in [3.05, 3.63) is 72.9 Å². The average Bonchev–Trinajstić information content (AvgIpc) is 3.29. The van der Waals surface area contributed by atoms with E-state index >= 15 is 0 Å². The molecule has 0 aliphatic rings. The molecule has 0 aliphatic heterocycles. The fraction of sp³-hybridized carbons (Fsp3) is 0.759. The molecule has 0 radical (unpaired) electrons. The minimum absolute atomic E-state index is 0.0272. The number of esters is 1. The number of carbonyl (C=O) groups is 2. The summed E-state index contributed by atoms with van der Waals surface area (Å²) in [4.78, 5) is 26.2. The second kappa shape index (κ2) is 51.3. The third kappa shape index (κ3) is 45.9. The standard InChI is InChI=1S/C58H103NO5/c1-4-7-10-13-16-19-22-25-27-29-30-32-34-37-40-43-46-49-54(64-58(63)51-48-45-42-39-36-33-31-28-26-23-20-17-14-11-8-5-2)52-57(62)59-55(53-60)56(61)50-47-44-41-38-35-24-21-18-15-12-9-6-3/h16,19,25,27-28,30-33,36-37,40,54-56,60-61H,4-15,17-18,20-24,26,29,34-35,38-39,41-53H2,1-3H3,(H,59,62)/b19-16-,27-25-,31-28+,32-30-,36-33+,40-37-. The normalized spacial score (nSPS) is 13.8. The van der Waals surface area contributed by atoms with Crippen molar-refractivity contribution >= 4 is 11.9 Å². The van der Waals surface area contributed by atoms with Crippen LogP contribution in [-0.2, 0) is 14.3 Å². The van der Waals surface area contributed by atoms with E-state index in [0.717, 1.165) is 83.5 Å². The average molecular weight is 894 g/mol. The third-order valence-corrected chi connectivity index (χ3v) is 12.0. The van der Waals surface area contributed by atoms with E-state index in [1.54, 1.807) is 0 Å². The SMILES string of the molecule is CCCCC/C=C\C/C=C\C/C=C\C/C=C\CCCC(CC(=O)NC(CO)C(O)CCCCCCCCCCCCCC)OC(=O)CCCCC/C=C/C=C/CCCCCCCCC. The Hall–Kier alpha value is -2.70. The van der Waals surface area contributed by atoms with Crippen LogP contribution in [0.4, 0.5) is 0 Å². The lowest BCUT2D eigenvalue weighted by Gasteiger charge is -2.24. The van der Waals surface area contributed by atoms with Crippen molar-refractivity contribution in [3.8, 4) is 0 Å². The van der Waals surface area contributed by atoms with Gasteiger partial charge in [-0.05, 0) is 89.9 Å². The van der Waals surface area contributed by atoms with Crippen LogP contribution in [0.15, 0.2) is 72.9 Å². The van der Waals surface area contributed by atoms with Crippen molar-refractivity contribution in [1.82, 2.24) is 5.32 Å². The molecule has 0 bridgehead atoms. The fourth-order valence-corrected chi connectivity index (χ4v) is 7.88. The molecule has 6 heteroatoms. The first kappa shape index (κ1) is 61.3. The largest absolute Gasteiger partial charge is 0.462 e. The monoisotopic (exact) mass is 894 g/mol. The summed E-state index contributed by atoms with van der Waals surface area (Å²) in [5.74, 6) is -0.559. The summed E-state index contributed by atoms with van der Waals surface area (Å²) in [5.41, 5.74) is 0. The molecule has 0 aromatic rings. The van der Waals surface area contributed by atoms with Gasteiger partial charge in [0.1, 0.15) is 6.10 Å². The van der Waals surface area contributed by atoms with E-state index in [0.29, 0.717) is 19.3 Å². The Bertz CT molecular complexity index is 1190. The highest BCUT2D eigenvalue weighted by molar-refractivity contribution is 5.77. The number of aliphatic hydroxyl groups is 2. The van der Waals surface area contributed by atoms with Crippen molar-refractivity contribution in [1.29, 1.82) is 0 Å². The number of aliphatic hydroxyl groups excluding tert-OH is 2. The van der Waals surface area contributed by atoms with E-state index < -0.39 is 18.2 Å². The van der Waals surface area contributed by atoms with Crippen LogP contribution in [0.5, 0.6) is 0 Å². The number of hydrogen-bond donors (Lipinski definition) is 3. The quantitative estimate of drug-likeness (QED) is 0.0245. The third-order valence-electron chi connectivity index (χ3n) is 12.0. The Labute approximate surface area is 396 Å². The lowest BCUT2D eigenvalue weighted by Crippen LogP contribution is -2.46. The van der Waals surface area contributed by atoms with Crippen LogP contribution in [0.2, 0.25) is 0 Å². The summed E-state index contributed by atoms with van der Waals surface area (Å²) in [6.45, 7) is 6.43. The molecule has 6 nitrogen and oxygen atoms in total. The second-order valence-electron chi connectivity index (χ2n) is 18.3. The van der Waals surface area contributed by atoms with Gasteiger partial charge in [-0.25, -0.2) is 0 Å². The van der Waals surface area contributed by atoms with Gasteiger partial charge in [-0.1, -0.05) is 229 Å². The van der Waals surface area contributed by atoms with Crippen LogP contribution in [0.1, 0.15) is 258 Å². The number of allylic oxidation sites excluding steroid dienone is 12. The lowest BCUT2D eigenvalue weighted by atomic mass is 10.0. The molecule has 0 spiro atoms. The molecule has 370 valence electrons. The number of ether oxygens (including phenoxy) is 1. The van der Waals surface area contributed by atoms with E-state index in [1.165, 1.54) is 128 Å². The van der Waals surface area contributed by atoms with Gasteiger partial charge >= 0.3 is 5.97 Å². The number of unbranched alkanes of at least 4 members (excludes halogenated alkanes) is 25. The minimum Gasteiger partial charge on any atom is -0.462 e. The summed E-state index contributed by atoms with van der Waals surface area (Å²) in [7, 11) is 0. The zero-order valence-corrected chi connectivity index (χ0v) is 42.1. The van der Waals surface area contributed by atoms with Crippen LogP contribution in [0.3, 0.4) is 0 Å². The lowest BCUT2D eigenvalue weighted by molar-refractivity contribution is -0.151. The highest BCUT2D eigenvalue weighted by Crippen LogP contribution is 2.17. The molecule has 3 unspecified atom stereocenters. The van der Waals surface area contributed by atoms with Crippen LogP contribution in [0, 0.1) is 0 Å². The topological polar surface area (TPSA) is 95.9 Å². The Morgan fingerprint density at radius 3 is 1.36 bits per heavy atom. The molecule has 0 heterocycles. The van der Waals surface area contributed by atoms with E-state index in [4.69, 9.17) is 4.74 Å². The molecule has 3 N–H and O–H groups in total. The Morgan fingerprint density at radius 2 is 0.859 bits per heavy atom. The summed E-state index contributed by atoms with van der Waals surface area (Å²) in [6.07, 6.45) is 65.3. The first-order valence-corrected chi connectivity index (χ1v) is 27.2. The molecular weight excluding hydrogens is 791 g/mol. The maximum atomic E-state index is 13.2. The molecule has 3 atom stereocenters. The highest BCUT2D eigenvalue weighted by Gasteiger charge is 2.24. The van der Waals surface area contributed by atoms with Crippen molar-refractivity contribution in [2.45, 2.75) is 277 Å². The first-order valence-electron chi connectivity index (χ1n) is 27.2. The molecule has 0 saturated heterocycles. The maximum absolute atomic E-state index is 13.2. The van der Waals surface area contributed by atoms with Crippen LogP contribution >= 0.6 is 0 Å². The van der Waals surface area contributed by atoms with Crippen molar-refractivity contribution < 1.29 is 24.5 Å². The minimum atomic E-state index is -0.809. The van der Waals surface area contributed by atoms with E-state index in [9.17, 15) is 19.8 Å². The van der Waals surface area contributed by atoms with Gasteiger partial charge in [0, 0.05) is 6.42 Å². The number of carbonyl (C=O) groups excluding carboxylic acids is 2. The highest BCUT2D eigenvalue weighted by atomic mass is 16.5. The van der Waals surface area contributed by atoms with Crippen molar-refractivity contribution in [2.24, 2.45) is 0 Å². The van der Waals surface area contributed by atoms with Gasteiger partial charge in [0.05, 0.1) is 25.2 Å². The van der Waals surface area contributed by atoms with Gasteiger partial charge < -0.3 is 20.3 Å². The van der Waals surface area contributed by atoms with Gasteiger partial charge in [0.15, 0.2) is 0 Å². The summed E-state index contributed by atoms with van der Waals surface area (Å²) < 4.78 is 5.90. The first-order chi connectivity index (χ1) is 31.5. The van der Waals surface area contributed by atoms with Crippen molar-refractivity contribution in [2.75, 3.05) is 6.61 Å². The van der Waals surface area contributed by atoms with Crippen LogP contribution < -0.4 is 5.32 Å². The van der Waals surface area contributed by atoms with Gasteiger partial charge in [-0.2, -0.15) is 0 Å². The Kier molecular flexibility index (Phi) is 49.1. The predicted octanol–water partition coefficient (Wildman–Crippen LogP) is 16.6. The molecule has 64 heavy (non-hydrogen) atoms. The predicted molar refractivity (Wildman–Crippen MR) is 278 cm³/mol. The van der Waals surface area contributed by atoms with E-state index in [1.807, 2.05) is 0 Å². The van der Waals surface area contributed by atoms with E-state index in [2.05, 4.69) is 99.0 Å². The van der Waals surface area contributed by atoms with Gasteiger partial charge in [0.25, 0.3) is 0 Å². The molecular formula is C58H103NO5. The number of nitrogens with one attached hydrogen (secondary N) is 1. The second-order valence-corrected chi connectivity index (χ2v) is 18.3. The zero-order valence-electron chi connectivity index (χ0n) is 42.1. The Balaban J connectivity index is 4.74. The maximum Gasteiger partial charge on any atom is 0.306 e. The molecule has 0 aliphatic carbocycles. The van der Waals surface area contributed by atoms with Gasteiger partial charge in [-0.3, -0.25) is 9.59 Å². The Morgan fingerprint density at radius 1 is 0.469 bits per heavy atom. The van der Waals surface area contributed by atoms with Gasteiger partial charge in [-0.15, -0.1) is 0 Å².